The molecule has 0 unspecified atom stereocenters. The van der Waals surface area contributed by atoms with Crippen LogP contribution >= 0.6 is 0 Å². The van der Waals surface area contributed by atoms with E-state index in [1.54, 1.807) is 7.11 Å². The van der Waals surface area contributed by atoms with E-state index in [0.29, 0.717) is 5.41 Å². The van der Waals surface area contributed by atoms with Crippen molar-refractivity contribution in [1.82, 2.24) is 5.48 Å². The second kappa shape index (κ2) is 2.64. The standard InChI is InChI=1S/C6H13NO2/c1-6(3-7-8-2)4-9-5-6/h7H,3-5H2,1-2H3. The average Bonchev–Trinajstić information content (AvgIpc) is 1.79. The molecule has 0 aromatic rings. The molecule has 0 aliphatic carbocycles. The van der Waals surface area contributed by atoms with Gasteiger partial charge < -0.3 is 9.57 Å². The van der Waals surface area contributed by atoms with Crippen molar-refractivity contribution in [3.05, 3.63) is 0 Å². The van der Waals surface area contributed by atoms with Crippen molar-refractivity contribution in [3.8, 4) is 0 Å². The number of nitrogens with one attached hydrogen (secondary N) is 1. The van der Waals surface area contributed by atoms with Crippen LogP contribution in [0.1, 0.15) is 6.92 Å². The van der Waals surface area contributed by atoms with E-state index in [2.05, 4.69) is 12.4 Å². The molecule has 1 aliphatic rings. The van der Waals surface area contributed by atoms with Crippen molar-refractivity contribution >= 4 is 0 Å². The Hall–Kier alpha value is -0.120. The highest BCUT2D eigenvalue weighted by atomic mass is 16.6. The fraction of sp³-hybridized carbons (Fsp3) is 1.00. The molecule has 1 N–H and O–H groups in total. The number of hydroxylamine groups is 1. The first-order chi connectivity index (χ1) is 4.27. The predicted molar refractivity (Wildman–Crippen MR) is 33.9 cm³/mol. The van der Waals surface area contributed by atoms with E-state index in [-0.39, 0.29) is 0 Å². The summed E-state index contributed by atoms with van der Waals surface area (Å²) in [7, 11) is 1.63. The van der Waals surface area contributed by atoms with Gasteiger partial charge in [-0.05, 0) is 0 Å². The minimum atomic E-state index is 0.315. The molecule has 1 saturated heterocycles. The van der Waals surface area contributed by atoms with Gasteiger partial charge in [0, 0.05) is 12.0 Å². The Morgan fingerprint density at radius 2 is 2.33 bits per heavy atom. The predicted octanol–water partition coefficient (Wildman–Crippen LogP) is 0.174. The van der Waals surface area contributed by atoms with E-state index in [4.69, 9.17) is 9.57 Å². The van der Waals surface area contributed by atoms with Gasteiger partial charge in [0.1, 0.15) is 0 Å². The molecular formula is C6H13NO2. The average molecular weight is 131 g/mol. The molecule has 1 rings (SSSR count). The van der Waals surface area contributed by atoms with Gasteiger partial charge in [-0.1, -0.05) is 6.92 Å². The maximum atomic E-state index is 5.04. The second-order valence-electron chi connectivity index (χ2n) is 2.83. The summed E-state index contributed by atoms with van der Waals surface area (Å²) >= 11 is 0. The first-order valence-corrected chi connectivity index (χ1v) is 3.10. The van der Waals surface area contributed by atoms with E-state index >= 15 is 0 Å². The molecule has 0 aromatic carbocycles. The fourth-order valence-electron chi connectivity index (χ4n) is 0.799. The summed E-state index contributed by atoms with van der Waals surface area (Å²) in [5.41, 5.74) is 3.13. The molecule has 9 heavy (non-hydrogen) atoms. The van der Waals surface area contributed by atoms with Crippen LogP contribution in [0, 0.1) is 5.41 Å². The number of hydrogen-bond donors (Lipinski definition) is 1. The van der Waals surface area contributed by atoms with Crippen molar-refractivity contribution in [2.45, 2.75) is 6.92 Å². The van der Waals surface area contributed by atoms with Crippen LogP contribution in [0.3, 0.4) is 0 Å². The topological polar surface area (TPSA) is 30.5 Å². The molecule has 0 spiro atoms. The molecule has 0 atom stereocenters. The van der Waals surface area contributed by atoms with E-state index in [0.717, 1.165) is 19.8 Å². The Morgan fingerprint density at radius 1 is 1.67 bits per heavy atom. The summed E-state index contributed by atoms with van der Waals surface area (Å²) in [4.78, 5) is 4.71. The van der Waals surface area contributed by atoms with E-state index in [1.807, 2.05) is 0 Å². The summed E-state index contributed by atoms with van der Waals surface area (Å²) in [6, 6.07) is 0. The van der Waals surface area contributed by atoms with Crippen LogP contribution in [0.5, 0.6) is 0 Å². The molecule has 3 nitrogen and oxygen atoms in total. The lowest BCUT2D eigenvalue weighted by Crippen LogP contribution is -2.47. The smallest absolute Gasteiger partial charge is 0.0572 e. The van der Waals surface area contributed by atoms with Gasteiger partial charge in [0.25, 0.3) is 0 Å². The molecule has 1 aliphatic heterocycles. The van der Waals surface area contributed by atoms with Crippen molar-refractivity contribution < 1.29 is 9.57 Å². The van der Waals surface area contributed by atoms with Crippen LogP contribution in [-0.2, 0) is 9.57 Å². The van der Waals surface area contributed by atoms with Crippen LogP contribution in [0.2, 0.25) is 0 Å². The Bertz CT molecular complexity index is 91.1. The van der Waals surface area contributed by atoms with Gasteiger partial charge in [0.15, 0.2) is 0 Å². The van der Waals surface area contributed by atoms with Crippen LogP contribution < -0.4 is 5.48 Å². The highest BCUT2D eigenvalue weighted by molar-refractivity contribution is 4.81. The Labute approximate surface area is 55.3 Å². The van der Waals surface area contributed by atoms with Gasteiger partial charge in [-0.25, -0.2) is 5.48 Å². The minimum Gasteiger partial charge on any atom is -0.380 e. The summed E-state index contributed by atoms with van der Waals surface area (Å²) in [6.45, 7) is 4.75. The number of rotatable bonds is 3. The summed E-state index contributed by atoms with van der Waals surface area (Å²) in [5.74, 6) is 0. The molecule has 0 bridgehead atoms. The molecule has 1 heterocycles. The molecule has 0 radical (unpaired) electrons. The lowest BCUT2D eigenvalue weighted by atomic mass is 9.89. The minimum absolute atomic E-state index is 0.315. The van der Waals surface area contributed by atoms with Gasteiger partial charge in [0.2, 0.25) is 0 Å². The first kappa shape index (κ1) is 6.99. The molecular weight excluding hydrogens is 118 g/mol. The summed E-state index contributed by atoms with van der Waals surface area (Å²) < 4.78 is 5.04. The highest BCUT2D eigenvalue weighted by Crippen LogP contribution is 2.24. The number of hydrogen-bond acceptors (Lipinski definition) is 3. The Morgan fingerprint density at radius 3 is 2.67 bits per heavy atom. The normalized spacial score (nSPS) is 23.3. The van der Waals surface area contributed by atoms with Crippen molar-refractivity contribution in [3.63, 3.8) is 0 Å². The molecule has 0 aromatic heterocycles. The third-order valence-corrected chi connectivity index (χ3v) is 1.54. The zero-order valence-electron chi connectivity index (χ0n) is 5.94. The third-order valence-electron chi connectivity index (χ3n) is 1.54. The van der Waals surface area contributed by atoms with Crippen LogP contribution in [0.15, 0.2) is 0 Å². The van der Waals surface area contributed by atoms with Gasteiger partial charge >= 0.3 is 0 Å². The second-order valence-corrected chi connectivity index (χ2v) is 2.83. The Kier molecular flexibility index (Phi) is 2.05. The van der Waals surface area contributed by atoms with E-state index < -0.39 is 0 Å². The van der Waals surface area contributed by atoms with Crippen molar-refractivity contribution in [2.75, 3.05) is 26.9 Å². The van der Waals surface area contributed by atoms with E-state index in [1.165, 1.54) is 0 Å². The lowest BCUT2D eigenvalue weighted by Gasteiger charge is -2.37. The van der Waals surface area contributed by atoms with E-state index in [9.17, 15) is 0 Å². The maximum absolute atomic E-state index is 5.04. The Balaban J connectivity index is 2.09. The zero-order valence-corrected chi connectivity index (χ0v) is 5.94. The SMILES string of the molecule is CONCC1(C)COC1. The van der Waals surface area contributed by atoms with Crippen molar-refractivity contribution in [1.29, 1.82) is 0 Å². The largest absolute Gasteiger partial charge is 0.380 e. The van der Waals surface area contributed by atoms with Gasteiger partial charge in [0.05, 0.1) is 20.3 Å². The van der Waals surface area contributed by atoms with Crippen LogP contribution in [0.4, 0.5) is 0 Å². The number of ether oxygens (including phenoxy) is 1. The van der Waals surface area contributed by atoms with Gasteiger partial charge in [-0.15, -0.1) is 0 Å². The quantitative estimate of drug-likeness (QED) is 0.554. The van der Waals surface area contributed by atoms with Crippen LogP contribution in [0.25, 0.3) is 0 Å². The first-order valence-electron chi connectivity index (χ1n) is 3.10. The van der Waals surface area contributed by atoms with Gasteiger partial charge in [-0.3, -0.25) is 0 Å². The summed E-state index contributed by atoms with van der Waals surface area (Å²) in [6.07, 6.45) is 0. The van der Waals surface area contributed by atoms with Crippen molar-refractivity contribution in [2.24, 2.45) is 5.41 Å². The fourth-order valence-corrected chi connectivity index (χ4v) is 0.799. The van der Waals surface area contributed by atoms with Gasteiger partial charge in [-0.2, -0.15) is 0 Å². The molecule has 1 fully saturated rings. The molecule has 0 amide bonds. The monoisotopic (exact) mass is 131 g/mol. The molecule has 0 saturated carbocycles. The third kappa shape index (κ3) is 1.64. The lowest BCUT2D eigenvalue weighted by molar-refractivity contribution is -0.115. The molecule has 3 heteroatoms. The molecule has 54 valence electrons. The van der Waals surface area contributed by atoms with Crippen LogP contribution in [-0.4, -0.2) is 26.9 Å². The highest BCUT2D eigenvalue weighted by Gasteiger charge is 2.32. The zero-order chi connectivity index (χ0) is 6.74. The maximum Gasteiger partial charge on any atom is 0.0572 e. The summed E-state index contributed by atoms with van der Waals surface area (Å²) in [5, 5.41) is 0.